The summed E-state index contributed by atoms with van der Waals surface area (Å²) in [6, 6.07) is 0. The van der Waals surface area contributed by atoms with E-state index >= 15 is 0 Å². The van der Waals surface area contributed by atoms with E-state index in [-0.39, 0.29) is 6.10 Å². The van der Waals surface area contributed by atoms with Gasteiger partial charge in [0.2, 0.25) is 0 Å². The molecule has 0 aliphatic carbocycles. The predicted molar refractivity (Wildman–Crippen MR) is 54.8 cm³/mol. The van der Waals surface area contributed by atoms with Gasteiger partial charge in [-0.2, -0.15) is 0 Å². The average molecular weight is 228 g/mol. The molecule has 0 amide bonds. The molecule has 0 radical (unpaired) electrons. The van der Waals surface area contributed by atoms with Gasteiger partial charge in [-0.05, 0) is 0 Å². The molecular formula is C10H12O4S. The zero-order valence-corrected chi connectivity index (χ0v) is 9.00. The standard InChI is InChI=1S/C10H12O4S/c1(7-3-12-7)11-2-8-4-13-9-5-15-6-10(9)14-8/h5-8H,1-4H2. The minimum atomic E-state index is 0.00542. The number of hydrogen-bond donors (Lipinski definition) is 0. The summed E-state index contributed by atoms with van der Waals surface area (Å²) in [6.45, 7) is 2.62. The maximum Gasteiger partial charge on any atom is 0.172 e. The number of thiophene rings is 1. The smallest absolute Gasteiger partial charge is 0.172 e. The van der Waals surface area contributed by atoms with Crippen LogP contribution in [0, 0.1) is 0 Å². The zero-order chi connectivity index (χ0) is 10.1. The molecule has 3 heterocycles. The highest BCUT2D eigenvalue weighted by atomic mass is 32.1. The number of rotatable bonds is 4. The van der Waals surface area contributed by atoms with Gasteiger partial charge in [-0.15, -0.1) is 11.3 Å². The number of hydrogen-bond acceptors (Lipinski definition) is 5. The van der Waals surface area contributed by atoms with E-state index in [4.69, 9.17) is 18.9 Å². The summed E-state index contributed by atoms with van der Waals surface area (Å²) >= 11 is 1.59. The quantitative estimate of drug-likeness (QED) is 0.728. The van der Waals surface area contributed by atoms with Gasteiger partial charge in [0.25, 0.3) is 0 Å². The first-order valence-corrected chi connectivity index (χ1v) is 5.91. The van der Waals surface area contributed by atoms with Gasteiger partial charge < -0.3 is 18.9 Å². The van der Waals surface area contributed by atoms with Gasteiger partial charge in [0.15, 0.2) is 17.6 Å². The minimum Gasteiger partial charge on any atom is -0.485 e. The molecule has 2 aliphatic heterocycles. The number of epoxide rings is 1. The maximum atomic E-state index is 5.69. The third kappa shape index (κ3) is 2.25. The molecule has 82 valence electrons. The van der Waals surface area contributed by atoms with Gasteiger partial charge in [-0.25, -0.2) is 0 Å². The Hall–Kier alpha value is -0.780. The van der Waals surface area contributed by atoms with E-state index in [9.17, 15) is 0 Å². The maximum absolute atomic E-state index is 5.69. The fraction of sp³-hybridized carbons (Fsp3) is 0.600. The van der Waals surface area contributed by atoms with E-state index in [1.807, 2.05) is 10.8 Å². The van der Waals surface area contributed by atoms with Crippen LogP contribution in [0.3, 0.4) is 0 Å². The summed E-state index contributed by atoms with van der Waals surface area (Å²) in [4.78, 5) is 0. The van der Waals surface area contributed by atoms with Crippen molar-refractivity contribution in [3.8, 4) is 11.5 Å². The Labute approximate surface area is 91.7 Å². The van der Waals surface area contributed by atoms with Crippen LogP contribution in [0.2, 0.25) is 0 Å². The lowest BCUT2D eigenvalue weighted by molar-refractivity contribution is 0.00535. The molecule has 1 fully saturated rings. The van der Waals surface area contributed by atoms with Gasteiger partial charge in [0, 0.05) is 10.8 Å². The normalized spacial score (nSPS) is 27.7. The Bertz CT molecular complexity index is 334. The molecule has 1 aromatic heterocycles. The highest BCUT2D eigenvalue weighted by Crippen LogP contribution is 2.35. The Balaban J connectivity index is 1.47. The fourth-order valence-corrected chi connectivity index (χ4v) is 2.11. The second-order valence-corrected chi connectivity index (χ2v) is 4.39. The predicted octanol–water partition coefficient (Wildman–Crippen LogP) is 1.30. The lowest BCUT2D eigenvalue weighted by Crippen LogP contribution is -2.33. The van der Waals surface area contributed by atoms with E-state index in [1.165, 1.54) is 0 Å². The zero-order valence-electron chi connectivity index (χ0n) is 8.18. The molecule has 0 N–H and O–H groups in total. The second kappa shape index (κ2) is 4.00. The van der Waals surface area contributed by atoms with Gasteiger partial charge in [0.1, 0.15) is 12.7 Å². The summed E-state index contributed by atoms with van der Waals surface area (Å²) in [5, 5.41) is 3.90. The summed E-state index contributed by atoms with van der Waals surface area (Å²) in [5.74, 6) is 1.68. The van der Waals surface area contributed by atoms with Gasteiger partial charge in [-0.1, -0.05) is 0 Å². The van der Waals surface area contributed by atoms with Crippen LogP contribution in [0.5, 0.6) is 11.5 Å². The Morgan fingerprint density at radius 1 is 1.20 bits per heavy atom. The molecule has 0 bridgehead atoms. The van der Waals surface area contributed by atoms with Gasteiger partial charge >= 0.3 is 0 Å². The van der Waals surface area contributed by atoms with E-state index in [0.29, 0.717) is 25.9 Å². The number of fused-ring (bicyclic) bond motifs is 1. The average Bonchev–Trinajstić information content (AvgIpc) is 2.95. The molecule has 15 heavy (non-hydrogen) atoms. The summed E-state index contributed by atoms with van der Waals surface area (Å²) < 4.78 is 21.7. The Morgan fingerprint density at radius 2 is 2.00 bits per heavy atom. The van der Waals surface area contributed by atoms with Crippen molar-refractivity contribution in [3.05, 3.63) is 10.8 Å². The van der Waals surface area contributed by atoms with E-state index in [0.717, 1.165) is 18.1 Å². The number of ether oxygens (including phenoxy) is 4. The third-order valence-electron chi connectivity index (χ3n) is 2.32. The van der Waals surface area contributed by atoms with Crippen LogP contribution in [0.4, 0.5) is 0 Å². The monoisotopic (exact) mass is 228 g/mol. The Morgan fingerprint density at radius 3 is 2.87 bits per heavy atom. The SMILES string of the molecule is c1scc2c1OCC(COCC1CO1)O2. The van der Waals surface area contributed by atoms with Crippen molar-refractivity contribution in [2.45, 2.75) is 12.2 Å². The molecule has 0 spiro atoms. The summed E-state index contributed by atoms with van der Waals surface area (Å²) in [6.07, 6.45) is 0.317. The molecule has 2 unspecified atom stereocenters. The molecule has 1 aromatic rings. The van der Waals surface area contributed by atoms with Crippen molar-refractivity contribution >= 4 is 11.3 Å². The largest absolute Gasteiger partial charge is 0.485 e. The molecule has 2 atom stereocenters. The molecule has 0 saturated carbocycles. The first kappa shape index (κ1) is 9.45. The lowest BCUT2D eigenvalue weighted by Gasteiger charge is -2.24. The van der Waals surface area contributed by atoms with Gasteiger partial charge in [0.05, 0.1) is 19.8 Å². The van der Waals surface area contributed by atoms with E-state index in [1.54, 1.807) is 11.3 Å². The van der Waals surface area contributed by atoms with Crippen molar-refractivity contribution in [2.24, 2.45) is 0 Å². The fourth-order valence-electron chi connectivity index (χ4n) is 1.44. The van der Waals surface area contributed by atoms with E-state index < -0.39 is 0 Å². The van der Waals surface area contributed by atoms with Gasteiger partial charge in [-0.3, -0.25) is 0 Å². The summed E-state index contributed by atoms with van der Waals surface area (Å²) in [7, 11) is 0. The molecule has 3 rings (SSSR count). The van der Waals surface area contributed by atoms with Crippen molar-refractivity contribution in [3.63, 3.8) is 0 Å². The molecule has 1 saturated heterocycles. The molecular weight excluding hydrogens is 216 g/mol. The second-order valence-electron chi connectivity index (χ2n) is 3.64. The third-order valence-corrected chi connectivity index (χ3v) is 3.02. The van der Waals surface area contributed by atoms with Crippen LogP contribution in [0.25, 0.3) is 0 Å². The van der Waals surface area contributed by atoms with E-state index in [2.05, 4.69) is 0 Å². The van der Waals surface area contributed by atoms with Crippen molar-refractivity contribution < 1.29 is 18.9 Å². The molecule has 2 aliphatic rings. The van der Waals surface area contributed by atoms with Crippen molar-refractivity contribution in [1.82, 2.24) is 0 Å². The first-order valence-electron chi connectivity index (χ1n) is 4.97. The van der Waals surface area contributed by atoms with Crippen LogP contribution in [0.1, 0.15) is 0 Å². The highest BCUT2D eigenvalue weighted by Gasteiger charge is 2.25. The van der Waals surface area contributed by atoms with Crippen molar-refractivity contribution in [1.29, 1.82) is 0 Å². The van der Waals surface area contributed by atoms with Crippen molar-refractivity contribution in [2.75, 3.05) is 26.4 Å². The Kier molecular flexibility index (Phi) is 2.52. The van der Waals surface area contributed by atoms with Crippen LogP contribution in [-0.2, 0) is 9.47 Å². The summed E-state index contributed by atoms with van der Waals surface area (Å²) in [5.41, 5.74) is 0. The topological polar surface area (TPSA) is 40.2 Å². The minimum absolute atomic E-state index is 0.00542. The molecule has 4 nitrogen and oxygen atoms in total. The lowest BCUT2D eigenvalue weighted by atomic mass is 10.3. The van der Waals surface area contributed by atoms with Crippen LogP contribution < -0.4 is 9.47 Å². The molecule has 5 heteroatoms. The van der Waals surface area contributed by atoms with Crippen LogP contribution in [0.15, 0.2) is 10.8 Å². The van der Waals surface area contributed by atoms with Crippen LogP contribution in [-0.4, -0.2) is 38.6 Å². The van der Waals surface area contributed by atoms with Crippen LogP contribution >= 0.6 is 11.3 Å². The highest BCUT2D eigenvalue weighted by molar-refractivity contribution is 7.08. The molecule has 0 aromatic carbocycles. The first-order chi connectivity index (χ1) is 7.42.